The van der Waals surface area contributed by atoms with Crippen molar-refractivity contribution in [1.29, 1.82) is 0 Å². The summed E-state index contributed by atoms with van der Waals surface area (Å²) in [6.07, 6.45) is 0.486. The van der Waals surface area contributed by atoms with Gasteiger partial charge in [0.1, 0.15) is 4.21 Å². The summed E-state index contributed by atoms with van der Waals surface area (Å²) in [5, 5.41) is 2.74. The minimum absolute atomic E-state index is 0.00248. The monoisotopic (exact) mass is 487 g/mol. The number of nitrogens with zero attached hydrogens (tertiary/aromatic N) is 1. The van der Waals surface area contributed by atoms with Crippen molar-refractivity contribution in [3.05, 3.63) is 46.8 Å². The quantitative estimate of drug-likeness (QED) is 0.557. The van der Waals surface area contributed by atoms with Crippen molar-refractivity contribution in [2.75, 3.05) is 36.8 Å². The molecule has 1 saturated heterocycles. The molecule has 9 nitrogen and oxygen atoms in total. The number of carbonyl (C=O) groups excluding carboxylic acids is 1. The second-order valence-corrected chi connectivity index (χ2v) is 12.1. The number of sulfonamides is 2. The van der Waals surface area contributed by atoms with E-state index in [-0.39, 0.29) is 22.4 Å². The largest absolute Gasteiger partial charge is 0.379 e. The highest BCUT2D eigenvalue weighted by molar-refractivity contribution is 7.92. The fraction of sp³-hybridized carbons (Fsp3) is 0.421. The molecule has 1 aromatic heterocycles. The molecule has 31 heavy (non-hydrogen) atoms. The van der Waals surface area contributed by atoms with Crippen molar-refractivity contribution in [2.45, 2.75) is 24.1 Å². The van der Waals surface area contributed by atoms with Crippen LogP contribution in [-0.2, 0) is 31.3 Å². The second-order valence-electron chi connectivity index (χ2n) is 6.92. The number of amides is 1. The number of carbonyl (C=O) groups is 1. The van der Waals surface area contributed by atoms with E-state index in [1.807, 2.05) is 0 Å². The van der Waals surface area contributed by atoms with Gasteiger partial charge in [0.2, 0.25) is 10.0 Å². The number of hydrogen-bond donors (Lipinski definition) is 2. The van der Waals surface area contributed by atoms with Crippen LogP contribution in [0.5, 0.6) is 0 Å². The molecule has 1 aromatic carbocycles. The fourth-order valence-electron chi connectivity index (χ4n) is 3.00. The number of benzene rings is 1. The highest BCUT2D eigenvalue weighted by atomic mass is 32.2. The van der Waals surface area contributed by atoms with E-state index in [1.165, 1.54) is 10.4 Å². The predicted molar refractivity (Wildman–Crippen MR) is 119 cm³/mol. The zero-order valence-corrected chi connectivity index (χ0v) is 19.5. The Balaban J connectivity index is 1.62. The maximum absolute atomic E-state index is 12.7. The van der Waals surface area contributed by atoms with Gasteiger partial charge < -0.3 is 10.1 Å². The first kappa shape index (κ1) is 23.7. The van der Waals surface area contributed by atoms with Crippen molar-refractivity contribution in [3.63, 3.8) is 0 Å². The first-order chi connectivity index (χ1) is 14.7. The molecule has 2 heterocycles. The first-order valence-electron chi connectivity index (χ1n) is 9.76. The van der Waals surface area contributed by atoms with E-state index in [0.29, 0.717) is 48.9 Å². The van der Waals surface area contributed by atoms with Crippen molar-refractivity contribution >= 4 is 43.0 Å². The third-order valence-corrected chi connectivity index (χ3v) is 9.44. The first-order valence-corrected chi connectivity index (χ1v) is 13.7. The molecule has 0 unspecified atom stereocenters. The van der Waals surface area contributed by atoms with Crippen LogP contribution in [0.15, 0.2) is 40.6 Å². The lowest BCUT2D eigenvalue weighted by Crippen LogP contribution is -2.40. The van der Waals surface area contributed by atoms with Crippen molar-refractivity contribution < 1.29 is 26.4 Å². The number of thiophene rings is 1. The van der Waals surface area contributed by atoms with Gasteiger partial charge in [-0.1, -0.05) is 13.0 Å². The Morgan fingerprint density at radius 1 is 1.13 bits per heavy atom. The van der Waals surface area contributed by atoms with Crippen molar-refractivity contribution in [3.8, 4) is 0 Å². The van der Waals surface area contributed by atoms with E-state index in [0.717, 1.165) is 11.3 Å². The molecule has 0 saturated carbocycles. The average molecular weight is 488 g/mol. The van der Waals surface area contributed by atoms with Crippen LogP contribution in [0.25, 0.3) is 0 Å². The topological polar surface area (TPSA) is 122 Å². The van der Waals surface area contributed by atoms with E-state index in [1.54, 1.807) is 37.3 Å². The second kappa shape index (κ2) is 10.1. The van der Waals surface area contributed by atoms with E-state index >= 15 is 0 Å². The van der Waals surface area contributed by atoms with Crippen molar-refractivity contribution in [1.82, 2.24) is 9.62 Å². The Bertz CT molecular complexity index is 1120. The molecule has 2 aromatic rings. The molecule has 3 rings (SSSR count). The Kier molecular flexibility index (Phi) is 7.70. The van der Waals surface area contributed by atoms with Gasteiger partial charge >= 0.3 is 0 Å². The molecule has 1 amide bonds. The van der Waals surface area contributed by atoms with Crippen LogP contribution in [0.2, 0.25) is 0 Å². The molecule has 0 atom stereocenters. The third kappa shape index (κ3) is 6.26. The van der Waals surface area contributed by atoms with Crippen LogP contribution in [0.1, 0.15) is 28.6 Å². The average Bonchev–Trinajstić information content (AvgIpc) is 3.22. The van der Waals surface area contributed by atoms with Gasteiger partial charge in [-0.3, -0.25) is 9.52 Å². The van der Waals surface area contributed by atoms with E-state index in [9.17, 15) is 21.6 Å². The number of anilines is 1. The number of morpholine rings is 1. The Hall–Kier alpha value is -1.99. The highest BCUT2D eigenvalue weighted by Gasteiger charge is 2.27. The fourth-order valence-corrected chi connectivity index (χ4v) is 6.98. The molecule has 170 valence electrons. The van der Waals surface area contributed by atoms with Gasteiger partial charge in [0.15, 0.2) is 0 Å². The molecule has 0 aliphatic carbocycles. The number of nitrogens with one attached hydrogen (secondary N) is 2. The van der Waals surface area contributed by atoms with E-state index in [4.69, 9.17) is 4.74 Å². The molecule has 12 heteroatoms. The van der Waals surface area contributed by atoms with Crippen LogP contribution in [-0.4, -0.2) is 59.1 Å². The third-order valence-electron chi connectivity index (χ3n) is 4.50. The summed E-state index contributed by atoms with van der Waals surface area (Å²) in [5.74, 6) is -0.389. The summed E-state index contributed by atoms with van der Waals surface area (Å²) < 4.78 is 58.5. The molecule has 0 spiro atoms. The van der Waals surface area contributed by atoms with Crippen LogP contribution < -0.4 is 10.0 Å². The van der Waals surface area contributed by atoms with Crippen molar-refractivity contribution in [2.24, 2.45) is 0 Å². The molecule has 1 aliphatic heterocycles. The lowest BCUT2D eigenvalue weighted by molar-refractivity contribution is 0.0731. The lowest BCUT2D eigenvalue weighted by atomic mass is 10.2. The Labute approximate surface area is 186 Å². The Morgan fingerprint density at radius 3 is 2.58 bits per heavy atom. The smallest absolute Gasteiger partial charge is 0.252 e. The molecular formula is C19H25N3O6S3. The Morgan fingerprint density at radius 2 is 1.87 bits per heavy atom. The van der Waals surface area contributed by atoms with Gasteiger partial charge in [-0.05, 0) is 36.8 Å². The molecular weight excluding hydrogens is 462 g/mol. The zero-order valence-electron chi connectivity index (χ0n) is 17.0. The van der Waals surface area contributed by atoms with E-state index < -0.39 is 20.0 Å². The number of rotatable bonds is 9. The zero-order chi connectivity index (χ0) is 22.5. The van der Waals surface area contributed by atoms with Crippen LogP contribution >= 0.6 is 11.3 Å². The summed E-state index contributed by atoms with van der Waals surface area (Å²) in [4.78, 5) is 13.2. The van der Waals surface area contributed by atoms with Gasteiger partial charge in [0, 0.05) is 29.2 Å². The predicted octanol–water partition coefficient (Wildman–Crippen LogP) is 1.85. The van der Waals surface area contributed by atoms with Gasteiger partial charge in [-0.15, -0.1) is 11.3 Å². The van der Waals surface area contributed by atoms with Crippen LogP contribution in [0, 0.1) is 0 Å². The van der Waals surface area contributed by atoms with Gasteiger partial charge in [0.25, 0.3) is 15.9 Å². The summed E-state index contributed by atoms with van der Waals surface area (Å²) >= 11 is 1.11. The normalized spacial score (nSPS) is 15.5. The molecule has 0 bridgehead atoms. The van der Waals surface area contributed by atoms with Crippen LogP contribution in [0.4, 0.5) is 5.69 Å². The maximum Gasteiger partial charge on any atom is 0.252 e. The summed E-state index contributed by atoms with van der Waals surface area (Å²) in [6.45, 7) is 3.33. The van der Waals surface area contributed by atoms with Gasteiger partial charge in [-0.2, -0.15) is 4.31 Å². The SMILES string of the molecule is CCCS(=O)(=O)Nc1cccc(C(=O)NCc2ccc(S(=O)(=O)N3CCOCC3)s2)c1. The van der Waals surface area contributed by atoms with Gasteiger partial charge in [-0.25, -0.2) is 16.8 Å². The summed E-state index contributed by atoms with van der Waals surface area (Å²) in [5.41, 5.74) is 0.616. The standard InChI is InChI=1S/C19H25N3O6S3/c1-2-12-30(24,25)21-16-5-3-4-15(13-16)19(23)20-14-17-6-7-18(29-17)31(26,27)22-8-10-28-11-9-22/h3-7,13,21H,2,8-12,14H2,1H3,(H,20,23). The molecule has 1 fully saturated rings. The lowest BCUT2D eigenvalue weighted by Gasteiger charge is -2.25. The van der Waals surface area contributed by atoms with Gasteiger partial charge in [0.05, 0.1) is 25.5 Å². The highest BCUT2D eigenvalue weighted by Crippen LogP contribution is 2.25. The number of ether oxygens (including phenoxy) is 1. The van der Waals surface area contributed by atoms with E-state index in [2.05, 4.69) is 10.0 Å². The summed E-state index contributed by atoms with van der Waals surface area (Å²) in [7, 11) is -7.02. The molecule has 2 N–H and O–H groups in total. The molecule has 1 aliphatic rings. The number of hydrogen-bond acceptors (Lipinski definition) is 7. The minimum Gasteiger partial charge on any atom is -0.379 e. The summed E-state index contributed by atoms with van der Waals surface area (Å²) in [6, 6.07) is 9.43. The molecule has 0 radical (unpaired) electrons. The maximum atomic E-state index is 12.7. The van der Waals surface area contributed by atoms with Crippen LogP contribution in [0.3, 0.4) is 0 Å². The minimum atomic E-state index is -3.57.